The lowest BCUT2D eigenvalue weighted by Gasteiger charge is -2.02. The molecule has 3 heteroatoms. The molecule has 3 nitrogen and oxygen atoms in total. The number of allylic oxidation sites excluding steroid dienone is 6. The van der Waals surface area contributed by atoms with E-state index in [4.69, 9.17) is 0 Å². The van der Waals surface area contributed by atoms with Crippen LogP contribution in [-0.2, 0) is 0 Å². The lowest BCUT2D eigenvalue weighted by Crippen LogP contribution is -1.87. The zero-order chi connectivity index (χ0) is 19.2. The molecule has 0 bridgehead atoms. The summed E-state index contributed by atoms with van der Waals surface area (Å²) in [5.74, 6) is 0. The monoisotopic (exact) mass is 339 g/mol. The largest absolute Gasteiger partial charge is 0.355 e. The minimum Gasteiger partial charge on any atom is -0.355 e. The van der Waals surface area contributed by atoms with Crippen LogP contribution in [0.3, 0.4) is 0 Å². The Hall–Kier alpha value is -2.42. The number of hydrogen-bond acceptors (Lipinski definition) is 2. The van der Waals surface area contributed by atoms with E-state index in [0.717, 1.165) is 33.9 Å². The zero-order valence-electron chi connectivity index (χ0n) is 17.0. The SMILES string of the molecule is C/C(=C1\C=CC=N1)c1ccc(/C(C)=C2/C=CC=N2)[nH]1.CC.CC.CC. The van der Waals surface area contributed by atoms with Crippen LogP contribution in [0.25, 0.3) is 11.1 Å². The maximum Gasteiger partial charge on any atom is 0.0680 e. The lowest BCUT2D eigenvalue weighted by molar-refractivity contribution is 1.26. The minimum absolute atomic E-state index is 1.01. The summed E-state index contributed by atoms with van der Waals surface area (Å²) < 4.78 is 0. The average Bonchev–Trinajstić information content (AvgIpc) is 3.48. The maximum absolute atomic E-state index is 4.32. The van der Waals surface area contributed by atoms with Gasteiger partial charge in [0.2, 0.25) is 0 Å². The molecule has 1 aromatic rings. The molecule has 2 aliphatic rings. The third-order valence-corrected chi connectivity index (χ3v) is 3.37. The quantitative estimate of drug-likeness (QED) is 0.613. The van der Waals surface area contributed by atoms with Crippen LogP contribution >= 0.6 is 0 Å². The summed E-state index contributed by atoms with van der Waals surface area (Å²) >= 11 is 0. The fraction of sp³-hybridized carbons (Fsp3) is 0.364. The Labute approximate surface area is 153 Å². The molecule has 25 heavy (non-hydrogen) atoms. The fourth-order valence-corrected chi connectivity index (χ4v) is 2.15. The summed E-state index contributed by atoms with van der Waals surface area (Å²) in [4.78, 5) is 12.1. The van der Waals surface area contributed by atoms with Gasteiger partial charge in [-0.15, -0.1) is 0 Å². The van der Waals surface area contributed by atoms with Gasteiger partial charge in [0.1, 0.15) is 0 Å². The molecular weight excluding hydrogens is 306 g/mol. The van der Waals surface area contributed by atoms with E-state index in [-0.39, 0.29) is 0 Å². The Morgan fingerprint density at radius 3 is 1.32 bits per heavy atom. The van der Waals surface area contributed by atoms with Crippen LogP contribution in [0.5, 0.6) is 0 Å². The first kappa shape index (κ1) is 22.6. The molecular formula is C22H33N3. The van der Waals surface area contributed by atoms with Crippen molar-refractivity contribution >= 4 is 23.6 Å². The Kier molecular flexibility index (Phi) is 11.7. The van der Waals surface area contributed by atoms with Crippen LogP contribution in [-0.4, -0.2) is 17.4 Å². The Morgan fingerprint density at radius 1 is 0.680 bits per heavy atom. The smallest absolute Gasteiger partial charge is 0.0680 e. The van der Waals surface area contributed by atoms with Crippen molar-refractivity contribution < 1.29 is 0 Å². The molecule has 0 unspecified atom stereocenters. The molecule has 0 atom stereocenters. The molecule has 0 radical (unpaired) electrons. The number of nitrogens with zero attached hydrogens (tertiary/aromatic N) is 2. The number of H-pyrrole nitrogens is 1. The normalized spacial score (nSPS) is 17.1. The molecule has 1 aromatic heterocycles. The molecule has 0 saturated carbocycles. The van der Waals surface area contributed by atoms with E-state index in [9.17, 15) is 0 Å². The first-order valence-electron chi connectivity index (χ1n) is 9.28. The number of rotatable bonds is 2. The highest BCUT2D eigenvalue weighted by Gasteiger charge is 2.09. The first-order chi connectivity index (χ1) is 12.3. The third kappa shape index (κ3) is 6.18. The van der Waals surface area contributed by atoms with E-state index in [2.05, 4.69) is 40.9 Å². The number of aromatic nitrogens is 1. The standard InChI is InChI=1S/C16H15N3.3C2H6/c1-11(13-5-3-9-17-13)15-7-8-16(19-15)12(2)14-6-4-10-18-14;3*1-2/h3-10,19H,1-2H3;3*1-2H3/b13-11-,14-12-;;;. The highest BCUT2D eigenvalue weighted by Crippen LogP contribution is 2.25. The van der Waals surface area contributed by atoms with E-state index < -0.39 is 0 Å². The van der Waals surface area contributed by atoms with E-state index in [1.807, 2.05) is 78.3 Å². The van der Waals surface area contributed by atoms with Crippen LogP contribution < -0.4 is 0 Å². The van der Waals surface area contributed by atoms with Crippen molar-refractivity contribution in [3.8, 4) is 0 Å². The fourth-order valence-electron chi connectivity index (χ4n) is 2.15. The van der Waals surface area contributed by atoms with Crippen LogP contribution in [0.2, 0.25) is 0 Å². The van der Waals surface area contributed by atoms with E-state index in [1.54, 1.807) is 0 Å². The summed E-state index contributed by atoms with van der Waals surface area (Å²) in [6, 6.07) is 4.18. The van der Waals surface area contributed by atoms with Gasteiger partial charge in [-0.2, -0.15) is 0 Å². The number of nitrogens with one attached hydrogen (secondary N) is 1. The van der Waals surface area contributed by atoms with Gasteiger partial charge in [-0.1, -0.05) is 41.5 Å². The molecule has 0 spiro atoms. The van der Waals surface area contributed by atoms with E-state index in [0.29, 0.717) is 0 Å². The van der Waals surface area contributed by atoms with Crippen molar-refractivity contribution in [3.05, 3.63) is 59.2 Å². The van der Waals surface area contributed by atoms with Gasteiger partial charge < -0.3 is 4.98 Å². The second-order valence-corrected chi connectivity index (χ2v) is 4.58. The zero-order valence-corrected chi connectivity index (χ0v) is 17.0. The van der Waals surface area contributed by atoms with Crippen molar-refractivity contribution in [3.63, 3.8) is 0 Å². The number of aromatic amines is 1. The Bertz CT molecular complexity index is 606. The molecule has 0 amide bonds. The summed E-state index contributed by atoms with van der Waals surface area (Å²) in [7, 11) is 0. The highest BCUT2D eigenvalue weighted by atomic mass is 14.8. The van der Waals surface area contributed by atoms with Gasteiger partial charge in [-0.25, -0.2) is 0 Å². The first-order valence-corrected chi connectivity index (χ1v) is 9.28. The van der Waals surface area contributed by atoms with E-state index >= 15 is 0 Å². The maximum atomic E-state index is 4.32. The van der Waals surface area contributed by atoms with Crippen molar-refractivity contribution in [2.24, 2.45) is 9.98 Å². The molecule has 2 aliphatic heterocycles. The predicted octanol–water partition coefficient (Wildman–Crippen LogP) is 6.84. The van der Waals surface area contributed by atoms with Gasteiger partial charge >= 0.3 is 0 Å². The van der Waals surface area contributed by atoms with Crippen LogP contribution in [0.15, 0.2) is 57.8 Å². The highest BCUT2D eigenvalue weighted by molar-refractivity contribution is 5.84. The van der Waals surface area contributed by atoms with Gasteiger partial charge in [0.25, 0.3) is 0 Å². The molecule has 1 N–H and O–H groups in total. The van der Waals surface area contributed by atoms with Gasteiger partial charge in [0, 0.05) is 23.8 Å². The molecule has 0 aromatic carbocycles. The van der Waals surface area contributed by atoms with Crippen molar-refractivity contribution in [2.45, 2.75) is 55.4 Å². The minimum atomic E-state index is 1.01. The van der Waals surface area contributed by atoms with Gasteiger partial charge in [0.15, 0.2) is 0 Å². The second-order valence-electron chi connectivity index (χ2n) is 4.58. The summed E-state index contributed by atoms with van der Waals surface area (Å²) in [6.45, 7) is 16.2. The summed E-state index contributed by atoms with van der Waals surface area (Å²) in [6.07, 6.45) is 11.6. The lowest BCUT2D eigenvalue weighted by atomic mass is 10.1. The molecule has 0 fully saturated rings. The summed E-state index contributed by atoms with van der Waals surface area (Å²) in [5.41, 5.74) is 6.52. The van der Waals surface area contributed by atoms with E-state index in [1.165, 1.54) is 0 Å². The number of aliphatic imine (C=N–C) groups is 2. The third-order valence-electron chi connectivity index (χ3n) is 3.37. The second kappa shape index (κ2) is 12.9. The topological polar surface area (TPSA) is 40.5 Å². The molecule has 3 rings (SSSR count). The van der Waals surface area contributed by atoms with Crippen LogP contribution in [0.1, 0.15) is 66.8 Å². The summed E-state index contributed by atoms with van der Waals surface area (Å²) in [5, 5.41) is 0. The van der Waals surface area contributed by atoms with Crippen molar-refractivity contribution in [1.29, 1.82) is 0 Å². The van der Waals surface area contributed by atoms with Crippen molar-refractivity contribution in [1.82, 2.24) is 4.98 Å². The van der Waals surface area contributed by atoms with Gasteiger partial charge in [-0.05, 0) is 61.4 Å². The molecule has 136 valence electrons. The number of hydrogen-bond donors (Lipinski definition) is 1. The van der Waals surface area contributed by atoms with Crippen LogP contribution in [0, 0.1) is 0 Å². The average molecular weight is 340 g/mol. The van der Waals surface area contributed by atoms with Gasteiger partial charge in [0.05, 0.1) is 11.4 Å². The molecule has 3 heterocycles. The predicted molar refractivity (Wildman–Crippen MR) is 115 cm³/mol. The van der Waals surface area contributed by atoms with Gasteiger partial charge in [-0.3, -0.25) is 9.98 Å². The Balaban J connectivity index is 0.000000871. The van der Waals surface area contributed by atoms with Crippen LogP contribution in [0.4, 0.5) is 0 Å². The molecule has 0 saturated heterocycles. The molecule has 0 aliphatic carbocycles. The van der Waals surface area contributed by atoms with Crippen molar-refractivity contribution in [2.75, 3.05) is 0 Å². The Morgan fingerprint density at radius 2 is 1.04 bits per heavy atom.